The molecule has 0 N–H and O–H groups in total. The predicted octanol–water partition coefficient (Wildman–Crippen LogP) is 19.3. The van der Waals surface area contributed by atoms with Gasteiger partial charge in [0.25, 0.3) is 0 Å². The molecular weight excluding hydrogens is 897 g/mol. The molecule has 0 aliphatic carbocycles. The molecule has 0 unspecified atom stereocenters. The van der Waals surface area contributed by atoms with E-state index in [0.717, 1.165) is 106 Å². The molecule has 346 valence electrons. The van der Waals surface area contributed by atoms with Crippen molar-refractivity contribution in [2.45, 2.75) is 0 Å². The van der Waals surface area contributed by atoms with Crippen molar-refractivity contribution in [3.05, 3.63) is 285 Å². The molecule has 1 aromatic heterocycles. The monoisotopic (exact) mass is 941 g/mol. The van der Waals surface area contributed by atoms with Crippen molar-refractivity contribution in [1.29, 1.82) is 0 Å². The van der Waals surface area contributed by atoms with Crippen molar-refractivity contribution in [1.82, 2.24) is 4.57 Å². The first-order chi connectivity index (χ1) is 36.1. The summed E-state index contributed by atoms with van der Waals surface area (Å²) in [5.74, 6) is -0.697. The molecule has 1 heterocycles. The number of anilines is 6. The van der Waals surface area contributed by atoms with Crippen LogP contribution in [0, 0.1) is 11.6 Å². The van der Waals surface area contributed by atoms with Crippen LogP contribution in [-0.2, 0) is 0 Å². The fourth-order valence-corrected chi connectivity index (χ4v) is 10.8. The number of hydrogen-bond donors (Lipinski definition) is 0. The number of rotatable bonds is 11. The summed E-state index contributed by atoms with van der Waals surface area (Å²) in [7, 11) is 0. The van der Waals surface area contributed by atoms with Gasteiger partial charge < -0.3 is 14.4 Å². The van der Waals surface area contributed by atoms with E-state index >= 15 is 8.78 Å². The minimum atomic E-state index is -0.348. The second-order valence-electron chi connectivity index (χ2n) is 18.3. The Morgan fingerprint density at radius 2 is 0.616 bits per heavy atom. The second-order valence-corrected chi connectivity index (χ2v) is 18.3. The smallest absolute Gasteiger partial charge is 0.148 e. The quantitative estimate of drug-likeness (QED) is 0.120. The van der Waals surface area contributed by atoms with Gasteiger partial charge in [-0.25, -0.2) is 8.78 Å². The Labute approximate surface area is 422 Å². The van der Waals surface area contributed by atoms with E-state index in [-0.39, 0.29) is 11.6 Å². The Balaban J connectivity index is 1.11. The zero-order chi connectivity index (χ0) is 48.8. The summed E-state index contributed by atoms with van der Waals surface area (Å²) < 4.78 is 37.9. The SMILES string of the molecule is Fc1cc(-c2ccccc2)cc(-c2ccccc2)c1N(c1ccccc1)c1ccc2c3c1ccc1c(N(c4ccccc4)c4c(F)cc(-c5ccccc5)cc4-c4ccccc4)ccc(c13)n2-c1ccccc1. The van der Waals surface area contributed by atoms with Crippen LogP contribution < -0.4 is 9.80 Å². The Morgan fingerprint density at radius 3 is 0.986 bits per heavy atom. The molecule has 0 saturated heterocycles. The van der Waals surface area contributed by atoms with Crippen molar-refractivity contribution in [2.24, 2.45) is 0 Å². The summed E-state index contributed by atoms with van der Waals surface area (Å²) in [5.41, 5.74) is 13.9. The zero-order valence-electron chi connectivity index (χ0n) is 39.6. The van der Waals surface area contributed by atoms with Crippen LogP contribution in [0.5, 0.6) is 0 Å². The Bertz CT molecular complexity index is 3820. The highest BCUT2D eigenvalue weighted by Gasteiger charge is 2.30. The van der Waals surface area contributed by atoms with Crippen LogP contribution in [0.1, 0.15) is 0 Å². The van der Waals surface area contributed by atoms with E-state index < -0.39 is 0 Å². The molecule has 0 radical (unpaired) electrons. The number of benzene rings is 12. The maximum Gasteiger partial charge on any atom is 0.148 e. The normalized spacial score (nSPS) is 11.4. The first-order valence-corrected chi connectivity index (χ1v) is 24.6. The van der Waals surface area contributed by atoms with E-state index in [9.17, 15) is 0 Å². The molecule has 0 atom stereocenters. The van der Waals surface area contributed by atoms with Gasteiger partial charge in [-0.1, -0.05) is 188 Å². The molecule has 12 aromatic carbocycles. The van der Waals surface area contributed by atoms with Crippen LogP contribution in [0.4, 0.5) is 42.9 Å². The highest BCUT2D eigenvalue weighted by molar-refractivity contribution is 6.29. The van der Waals surface area contributed by atoms with Gasteiger partial charge in [0.1, 0.15) is 11.6 Å². The maximum absolute atomic E-state index is 17.8. The minimum absolute atomic E-state index is 0.348. The molecule has 0 spiro atoms. The third kappa shape index (κ3) is 7.58. The van der Waals surface area contributed by atoms with Crippen LogP contribution in [0.3, 0.4) is 0 Å². The highest BCUT2D eigenvalue weighted by atomic mass is 19.1. The molecule has 73 heavy (non-hydrogen) atoms. The summed E-state index contributed by atoms with van der Waals surface area (Å²) in [6.45, 7) is 0. The first-order valence-electron chi connectivity index (χ1n) is 24.6. The van der Waals surface area contributed by atoms with E-state index in [1.165, 1.54) is 0 Å². The molecule has 0 amide bonds. The average Bonchev–Trinajstić information content (AvgIpc) is 3.80. The van der Waals surface area contributed by atoms with E-state index in [2.05, 4.69) is 87.2 Å². The fourth-order valence-electron chi connectivity index (χ4n) is 10.8. The van der Waals surface area contributed by atoms with Gasteiger partial charge in [-0.2, -0.15) is 0 Å². The van der Waals surface area contributed by atoms with E-state index in [1.807, 2.05) is 188 Å². The summed E-state index contributed by atoms with van der Waals surface area (Å²) in [5, 5.41) is 3.89. The largest absolute Gasteiger partial charge is 0.309 e. The van der Waals surface area contributed by atoms with Gasteiger partial charge in [-0.3, -0.25) is 0 Å². The van der Waals surface area contributed by atoms with Gasteiger partial charge in [-0.05, 0) is 118 Å². The summed E-state index contributed by atoms with van der Waals surface area (Å²) in [6, 6.07) is 91.1. The fraction of sp³-hybridized carbons (Fsp3) is 0. The number of halogens is 2. The molecule has 5 heteroatoms. The lowest BCUT2D eigenvalue weighted by molar-refractivity contribution is 0.629. The third-order valence-corrected chi connectivity index (χ3v) is 14.0. The van der Waals surface area contributed by atoms with E-state index in [0.29, 0.717) is 11.4 Å². The highest BCUT2D eigenvalue weighted by Crippen LogP contribution is 2.53. The third-order valence-electron chi connectivity index (χ3n) is 14.0. The van der Waals surface area contributed by atoms with Crippen LogP contribution >= 0.6 is 0 Å². The molecule has 0 aliphatic rings. The first kappa shape index (κ1) is 43.4. The van der Waals surface area contributed by atoms with Crippen LogP contribution in [0.25, 0.3) is 82.8 Å². The number of nitrogens with zero attached hydrogens (tertiary/aromatic N) is 3. The molecule has 0 bridgehead atoms. The number of aromatic nitrogens is 1. The van der Waals surface area contributed by atoms with Gasteiger partial charge in [0.15, 0.2) is 0 Å². The van der Waals surface area contributed by atoms with Crippen LogP contribution in [0.2, 0.25) is 0 Å². The van der Waals surface area contributed by atoms with Crippen LogP contribution in [0.15, 0.2) is 273 Å². The summed E-state index contributed by atoms with van der Waals surface area (Å²) in [4.78, 5) is 4.16. The van der Waals surface area contributed by atoms with Crippen molar-refractivity contribution in [3.63, 3.8) is 0 Å². The molecule has 13 rings (SSSR count). The topological polar surface area (TPSA) is 11.4 Å². The van der Waals surface area contributed by atoms with Gasteiger partial charge in [-0.15, -0.1) is 0 Å². The minimum Gasteiger partial charge on any atom is -0.309 e. The van der Waals surface area contributed by atoms with Crippen molar-refractivity contribution in [3.8, 4) is 50.2 Å². The Morgan fingerprint density at radius 1 is 0.288 bits per heavy atom. The number of para-hydroxylation sites is 3. The Kier molecular flexibility index (Phi) is 10.9. The number of hydrogen-bond acceptors (Lipinski definition) is 2. The van der Waals surface area contributed by atoms with E-state index in [4.69, 9.17) is 0 Å². The summed E-state index contributed by atoms with van der Waals surface area (Å²) in [6.07, 6.45) is 0. The van der Waals surface area contributed by atoms with Gasteiger partial charge in [0.05, 0.1) is 33.8 Å². The lowest BCUT2D eigenvalue weighted by atomic mass is 9.94. The second kappa shape index (κ2) is 18.3. The van der Waals surface area contributed by atoms with Gasteiger partial charge in [0, 0.05) is 49.7 Å². The average molecular weight is 942 g/mol. The lowest BCUT2D eigenvalue weighted by Gasteiger charge is -2.31. The molecule has 13 aromatic rings. The standard InChI is InChI=1S/C68H45F2N3/c69-59-44-50(46-22-8-1-9-23-46)42-57(48-26-12-3-13-27-48)67(59)72(53-32-18-6-19-33-53)61-38-40-63-65-55(61)36-37-56-62(39-41-64(66(56)65)71(63)52-30-16-5-17-31-52)73(54-34-20-7-21-35-54)68-58(49-28-14-4-15-29-49)43-51(45-60(68)70)47-24-10-2-11-25-47/h1-45H. The predicted molar refractivity (Wildman–Crippen MR) is 300 cm³/mol. The Hall–Kier alpha value is -9.58. The lowest BCUT2D eigenvalue weighted by Crippen LogP contribution is -2.14. The molecule has 0 aliphatic heterocycles. The van der Waals surface area contributed by atoms with Gasteiger partial charge in [0.2, 0.25) is 0 Å². The molecule has 3 nitrogen and oxygen atoms in total. The molecular formula is C68H45F2N3. The van der Waals surface area contributed by atoms with Crippen molar-refractivity contribution < 1.29 is 8.78 Å². The zero-order valence-corrected chi connectivity index (χ0v) is 39.6. The van der Waals surface area contributed by atoms with Gasteiger partial charge >= 0.3 is 0 Å². The van der Waals surface area contributed by atoms with Crippen molar-refractivity contribution >= 4 is 66.7 Å². The van der Waals surface area contributed by atoms with Crippen LogP contribution in [-0.4, -0.2) is 4.57 Å². The maximum atomic E-state index is 17.8. The van der Waals surface area contributed by atoms with Crippen molar-refractivity contribution in [2.75, 3.05) is 9.80 Å². The molecule has 0 saturated carbocycles. The van der Waals surface area contributed by atoms with E-state index in [1.54, 1.807) is 12.1 Å². The summed E-state index contributed by atoms with van der Waals surface area (Å²) >= 11 is 0. The molecule has 0 fully saturated rings.